The molecule has 0 N–H and O–H groups in total. The molecule has 0 aliphatic heterocycles. The summed E-state index contributed by atoms with van der Waals surface area (Å²) in [7, 11) is 4.49. The molecule has 68 valence electrons. The number of rotatable bonds is 3. The van der Waals surface area contributed by atoms with Crippen LogP contribution < -0.4 is 14.2 Å². The molecule has 1 aromatic heterocycles. The van der Waals surface area contributed by atoms with Gasteiger partial charge in [-0.15, -0.1) is 12.6 Å². The molecule has 4 nitrogen and oxygen atoms in total. The van der Waals surface area contributed by atoms with Crippen LogP contribution in [-0.2, 0) is 0 Å². The highest BCUT2D eigenvalue weighted by Crippen LogP contribution is 2.44. The number of hydrogen-bond donors (Lipinski definition) is 1. The second kappa shape index (κ2) is 3.62. The van der Waals surface area contributed by atoms with Crippen molar-refractivity contribution in [2.24, 2.45) is 0 Å². The lowest BCUT2D eigenvalue weighted by molar-refractivity contribution is 0.261. The van der Waals surface area contributed by atoms with Crippen molar-refractivity contribution in [3.05, 3.63) is 0 Å². The van der Waals surface area contributed by atoms with Crippen LogP contribution in [-0.4, -0.2) is 21.3 Å². The topological polar surface area (TPSA) is 40.8 Å². The monoisotopic (exact) mass is 190 g/mol. The number of methoxy groups -OCH3 is 3. The third-order valence-electron chi connectivity index (χ3n) is 1.37. The summed E-state index contributed by atoms with van der Waals surface area (Å²) < 4.78 is 19.9. The summed E-state index contributed by atoms with van der Waals surface area (Å²) in [6, 6.07) is 0. The molecule has 0 saturated carbocycles. The van der Waals surface area contributed by atoms with Crippen LogP contribution in [0.3, 0.4) is 0 Å². The smallest absolute Gasteiger partial charge is 0.333 e. The molecule has 0 amide bonds. The van der Waals surface area contributed by atoms with E-state index in [2.05, 4.69) is 12.6 Å². The van der Waals surface area contributed by atoms with E-state index in [1.807, 2.05) is 0 Å². The Hall–Kier alpha value is -0.970. The summed E-state index contributed by atoms with van der Waals surface area (Å²) in [4.78, 5) is 0. The molecule has 0 spiro atoms. The maximum Gasteiger partial charge on any atom is 0.333 e. The van der Waals surface area contributed by atoms with E-state index in [1.165, 1.54) is 21.3 Å². The number of thiol groups is 1. The predicted molar refractivity (Wildman–Crippen MR) is 45.6 cm³/mol. The third kappa shape index (κ3) is 1.32. The average molecular weight is 190 g/mol. The van der Waals surface area contributed by atoms with Gasteiger partial charge in [-0.1, -0.05) is 0 Å². The quantitative estimate of drug-likeness (QED) is 0.735. The maximum atomic E-state index is 5.07. The molecule has 0 aromatic carbocycles. The Kier molecular flexibility index (Phi) is 2.75. The molecule has 1 rings (SSSR count). The summed E-state index contributed by atoms with van der Waals surface area (Å²) in [6.07, 6.45) is 0. The van der Waals surface area contributed by atoms with Gasteiger partial charge in [0, 0.05) is 0 Å². The summed E-state index contributed by atoms with van der Waals surface area (Å²) in [5, 5.41) is 0.339. The van der Waals surface area contributed by atoms with Crippen molar-refractivity contribution < 1.29 is 18.6 Å². The van der Waals surface area contributed by atoms with Crippen LogP contribution in [0.1, 0.15) is 0 Å². The van der Waals surface area contributed by atoms with E-state index in [0.717, 1.165) is 0 Å². The van der Waals surface area contributed by atoms with Gasteiger partial charge in [-0.25, -0.2) is 0 Å². The van der Waals surface area contributed by atoms with E-state index in [1.54, 1.807) is 0 Å². The zero-order valence-electron chi connectivity index (χ0n) is 7.08. The van der Waals surface area contributed by atoms with E-state index < -0.39 is 0 Å². The second-order valence-corrected chi connectivity index (χ2v) is 2.37. The fraction of sp³-hybridized carbons (Fsp3) is 0.429. The van der Waals surface area contributed by atoms with Crippen LogP contribution in [0, 0.1) is 0 Å². The molecular weight excluding hydrogens is 180 g/mol. The predicted octanol–water partition coefficient (Wildman–Crippen LogP) is 1.59. The minimum Gasteiger partial charge on any atom is -0.489 e. The molecule has 1 aromatic rings. The summed E-state index contributed by atoms with van der Waals surface area (Å²) in [5.74, 6) is 1.13. The van der Waals surface area contributed by atoms with Gasteiger partial charge in [0.1, 0.15) is 0 Å². The second-order valence-electron chi connectivity index (χ2n) is 1.97. The highest BCUT2D eigenvalue weighted by Gasteiger charge is 2.20. The van der Waals surface area contributed by atoms with Crippen LogP contribution >= 0.6 is 12.6 Å². The first kappa shape index (κ1) is 9.12. The lowest BCUT2D eigenvalue weighted by Gasteiger charge is -2.00. The first-order valence-electron chi connectivity index (χ1n) is 3.22. The lowest BCUT2D eigenvalue weighted by Crippen LogP contribution is -1.89. The van der Waals surface area contributed by atoms with Gasteiger partial charge < -0.3 is 18.6 Å². The molecular formula is C7H10O4S. The normalized spacial score (nSPS) is 9.67. The first-order valence-corrected chi connectivity index (χ1v) is 3.67. The van der Waals surface area contributed by atoms with Gasteiger partial charge >= 0.3 is 5.95 Å². The Morgan fingerprint density at radius 1 is 1.00 bits per heavy atom. The third-order valence-corrected chi connectivity index (χ3v) is 1.66. The molecule has 0 aliphatic carbocycles. The zero-order chi connectivity index (χ0) is 9.14. The summed E-state index contributed by atoms with van der Waals surface area (Å²) in [6.45, 7) is 0. The van der Waals surface area contributed by atoms with Crippen molar-refractivity contribution in [3.63, 3.8) is 0 Å². The van der Waals surface area contributed by atoms with Gasteiger partial charge in [-0.3, -0.25) is 0 Å². The SMILES string of the molecule is COc1oc(S)c(OC)c1OC. The summed E-state index contributed by atoms with van der Waals surface area (Å²) >= 11 is 4.02. The molecule has 0 fully saturated rings. The molecule has 0 aliphatic rings. The van der Waals surface area contributed by atoms with E-state index >= 15 is 0 Å². The largest absolute Gasteiger partial charge is 0.489 e. The van der Waals surface area contributed by atoms with E-state index in [4.69, 9.17) is 18.6 Å². The number of hydrogen-bond acceptors (Lipinski definition) is 5. The van der Waals surface area contributed by atoms with Gasteiger partial charge in [0.25, 0.3) is 0 Å². The van der Waals surface area contributed by atoms with Gasteiger partial charge in [-0.05, 0) is 0 Å². The van der Waals surface area contributed by atoms with E-state index in [0.29, 0.717) is 16.6 Å². The standard InChI is InChI=1S/C7H10O4S/c1-8-4-5(9-2)7(12)11-6(4)10-3/h12H,1-3H3. The van der Waals surface area contributed by atoms with E-state index in [-0.39, 0.29) is 5.95 Å². The minimum atomic E-state index is 0.263. The Labute approximate surface area is 75.8 Å². The first-order chi connectivity index (χ1) is 5.74. The Balaban J connectivity index is 3.16. The Morgan fingerprint density at radius 3 is 2.00 bits per heavy atom. The fourth-order valence-electron chi connectivity index (χ4n) is 0.861. The Bertz CT molecular complexity index is 269. The van der Waals surface area contributed by atoms with Crippen LogP contribution in [0.5, 0.6) is 17.4 Å². The summed E-state index contributed by atoms with van der Waals surface area (Å²) in [5.41, 5.74) is 0. The highest BCUT2D eigenvalue weighted by molar-refractivity contribution is 7.80. The van der Waals surface area contributed by atoms with Crippen molar-refractivity contribution in [1.29, 1.82) is 0 Å². The molecule has 0 bridgehead atoms. The maximum absolute atomic E-state index is 5.07. The number of furan rings is 1. The van der Waals surface area contributed by atoms with Crippen molar-refractivity contribution >= 4 is 12.6 Å². The molecule has 0 saturated heterocycles. The van der Waals surface area contributed by atoms with Crippen molar-refractivity contribution in [2.75, 3.05) is 21.3 Å². The van der Waals surface area contributed by atoms with Crippen molar-refractivity contribution in [1.82, 2.24) is 0 Å². The van der Waals surface area contributed by atoms with Crippen LogP contribution in [0.2, 0.25) is 0 Å². The highest BCUT2D eigenvalue weighted by atomic mass is 32.1. The van der Waals surface area contributed by atoms with E-state index in [9.17, 15) is 0 Å². The van der Waals surface area contributed by atoms with Crippen LogP contribution in [0.15, 0.2) is 9.51 Å². The van der Waals surface area contributed by atoms with Gasteiger partial charge in [0.05, 0.1) is 21.3 Å². The lowest BCUT2D eigenvalue weighted by atomic mass is 10.5. The van der Waals surface area contributed by atoms with Gasteiger partial charge in [0.15, 0.2) is 0 Å². The molecule has 5 heteroatoms. The number of ether oxygens (including phenoxy) is 3. The molecule has 1 heterocycles. The zero-order valence-corrected chi connectivity index (χ0v) is 7.97. The molecule has 0 radical (unpaired) electrons. The van der Waals surface area contributed by atoms with Crippen molar-refractivity contribution in [3.8, 4) is 17.4 Å². The van der Waals surface area contributed by atoms with Crippen LogP contribution in [0.4, 0.5) is 0 Å². The van der Waals surface area contributed by atoms with Crippen LogP contribution in [0.25, 0.3) is 0 Å². The molecule has 0 atom stereocenters. The molecule has 0 unspecified atom stereocenters. The Morgan fingerprint density at radius 2 is 1.58 bits per heavy atom. The van der Waals surface area contributed by atoms with Gasteiger partial charge in [-0.2, -0.15) is 0 Å². The fourth-order valence-corrected chi connectivity index (χ4v) is 1.14. The molecule has 12 heavy (non-hydrogen) atoms. The van der Waals surface area contributed by atoms with Gasteiger partial charge in [0.2, 0.25) is 16.6 Å². The van der Waals surface area contributed by atoms with Crippen molar-refractivity contribution in [2.45, 2.75) is 5.09 Å². The average Bonchev–Trinajstić information content (AvgIpc) is 2.40. The minimum absolute atomic E-state index is 0.263.